The number of esters is 1. The number of pyridine rings is 1. The van der Waals surface area contributed by atoms with Crippen LogP contribution in [0.4, 0.5) is 5.00 Å². The van der Waals surface area contributed by atoms with Crippen molar-refractivity contribution in [1.82, 2.24) is 4.98 Å². The van der Waals surface area contributed by atoms with Crippen molar-refractivity contribution < 1.29 is 19.1 Å². The Morgan fingerprint density at radius 3 is 2.65 bits per heavy atom. The summed E-state index contributed by atoms with van der Waals surface area (Å²) < 4.78 is 10.4. The normalized spacial score (nSPS) is 10.5. The van der Waals surface area contributed by atoms with Crippen LogP contribution in [0, 0.1) is 0 Å². The Labute approximate surface area is 190 Å². The lowest BCUT2D eigenvalue weighted by atomic mass is 10.0. The molecule has 0 aliphatic carbocycles. The van der Waals surface area contributed by atoms with E-state index in [-0.39, 0.29) is 12.5 Å². The van der Waals surface area contributed by atoms with Crippen molar-refractivity contribution in [2.24, 2.45) is 0 Å². The Bertz CT molecular complexity index is 1000. The first-order valence-corrected chi connectivity index (χ1v) is 11.9. The number of thioether (sulfide) groups is 1. The summed E-state index contributed by atoms with van der Waals surface area (Å²) in [6.07, 6.45) is 2.10. The minimum absolute atomic E-state index is 0.137. The van der Waals surface area contributed by atoms with Crippen LogP contribution in [0.25, 0.3) is 11.1 Å². The summed E-state index contributed by atoms with van der Waals surface area (Å²) in [7, 11) is 1.60. The topological polar surface area (TPSA) is 77.5 Å². The Hall–Kier alpha value is -2.84. The van der Waals surface area contributed by atoms with Gasteiger partial charge in [-0.05, 0) is 36.8 Å². The van der Waals surface area contributed by atoms with Gasteiger partial charge in [0, 0.05) is 35.1 Å². The lowest BCUT2D eigenvalue weighted by molar-refractivity contribution is -0.115. The maximum atomic E-state index is 12.6. The third-order valence-corrected chi connectivity index (χ3v) is 6.26. The van der Waals surface area contributed by atoms with Crippen LogP contribution >= 0.6 is 23.1 Å². The summed E-state index contributed by atoms with van der Waals surface area (Å²) in [4.78, 5) is 29.4. The molecule has 3 rings (SSSR count). The number of carbonyl (C=O) groups is 2. The smallest absolute Gasteiger partial charge is 0.341 e. The van der Waals surface area contributed by atoms with Gasteiger partial charge in [0.25, 0.3) is 0 Å². The first-order chi connectivity index (χ1) is 15.1. The van der Waals surface area contributed by atoms with Gasteiger partial charge in [0.1, 0.15) is 16.3 Å². The number of rotatable bonds is 10. The highest BCUT2D eigenvalue weighted by molar-refractivity contribution is 7.98. The lowest BCUT2D eigenvalue weighted by Gasteiger charge is -2.09. The number of ether oxygens (including phenoxy) is 2. The zero-order valence-corrected chi connectivity index (χ0v) is 19.1. The van der Waals surface area contributed by atoms with Gasteiger partial charge in [-0.2, -0.15) is 11.8 Å². The number of hydrogen-bond donors (Lipinski definition) is 1. The molecule has 3 aromatic rings. The van der Waals surface area contributed by atoms with E-state index in [1.807, 2.05) is 47.8 Å². The number of amides is 1. The van der Waals surface area contributed by atoms with Gasteiger partial charge in [-0.1, -0.05) is 18.2 Å². The summed E-state index contributed by atoms with van der Waals surface area (Å²) in [5.41, 5.74) is 2.95. The number of anilines is 1. The Kier molecular flexibility index (Phi) is 8.49. The van der Waals surface area contributed by atoms with Crippen LogP contribution in [-0.2, 0) is 15.3 Å². The molecule has 0 spiro atoms. The maximum absolute atomic E-state index is 12.6. The van der Waals surface area contributed by atoms with Gasteiger partial charge in [0.05, 0.1) is 19.4 Å². The van der Waals surface area contributed by atoms with E-state index in [0.29, 0.717) is 22.7 Å². The van der Waals surface area contributed by atoms with Crippen molar-refractivity contribution in [1.29, 1.82) is 0 Å². The van der Waals surface area contributed by atoms with E-state index in [1.54, 1.807) is 32.0 Å². The average molecular weight is 457 g/mol. The predicted octanol–water partition coefficient (Wildman–Crippen LogP) is 5.26. The van der Waals surface area contributed by atoms with Crippen LogP contribution in [0.3, 0.4) is 0 Å². The average Bonchev–Trinajstić information content (AvgIpc) is 3.21. The van der Waals surface area contributed by atoms with Crippen molar-refractivity contribution in [3.8, 4) is 16.9 Å². The summed E-state index contributed by atoms with van der Waals surface area (Å²) in [6, 6.07) is 13.2. The minimum atomic E-state index is -0.450. The van der Waals surface area contributed by atoms with Gasteiger partial charge < -0.3 is 14.8 Å². The number of benzene rings is 1. The van der Waals surface area contributed by atoms with E-state index >= 15 is 0 Å². The molecule has 0 fully saturated rings. The van der Waals surface area contributed by atoms with Gasteiger partial charge in [0.15, 0.2) is 0 Å². The predicted molar refractivity (Wildman–Crippen MR) is 126 cm³/mol. The van der Waals surface area contributed by atoms with Crippen molar-refractivity contribution in [3.63, 3.8) is 0 Å². The zero-order valence-electron chi connectivity index (χ0n) is 17.4. The molecule has 31 heavy (non-hydrogen) atoms. The summed E-state index contributed by atoms with van der Waals surface area (Å²) >= 11 is 2.96. The number of methoxy groups -OCH3 is 1. The molecule has 0 aliphatic heterocycles. The van der Waals surface area contributed by atoms with Gasteiger partial charge >= 0.3 is 5.97 Å². The Balaban J connectivity index is 1.67. The second-order valence-corrected chi connectivity index (χ2v) is 8.46. The molecule has 0 saturated heterocycles. The fourth-order valence-corrected chi connectivity index (χ4v) is 4.68. The highest BCUT2D eigenvalue weighted by atomic mass is 32.2. The van der Waals surface area contributed by atoms with E-state index in [1.165, 1.54) is 11.3 Å². The third kappa shape index (κ3) is 6.32. The van der Waals surface area contributed by atoms with E-state index in [2.05, 4.69) is 10.3 Å². The van der Waals surface area contributed by atoms with E-state index in [4.69, 9.17) is 9.47 Å². The van der Waals surface area contributed by atoms with Crippen LogP contribution in [-0.4, -0.2) is 36.3 Å². The Morgan fingerprint density at radius 2 is 1.97 bits per heavy atom. The number of nitrogens with one attached hydrogen (secondary N) is 1. The van der Waals surface area contributed by atoms with E-state index in [9.17, 15) is 9.59 Å². The van der Waals surface area contributed by atoms with Gasteiger partial charge in [-0.25, -0.2) is 4.79 Å². The van der Waals surface area contributed by atoms with Crippen LogP contribution in [0.1, 0.15) is 29.4 Å². The minimum Gasteiger partial charge on any atom is -0.497 e. The monoisotopic (exact) mass is 456 g/mol. The molecule has 0 radical (unpaired) electrons. The number of aromatic nitrogens is 1. The fraction of sp³-hybridized carbons (Fsp3) is 0.261. The Morgan fingerprint density at radius 1 is 1.16 bits per heavy atom. The highest BCUT2D eigenvalue weighted by Crippen LogP contribution is 2.37. The second-order valence-electron chi connectivity index (χ2n) is 6.47. The molecule has 8 heteroatoms. The molecule has 0 bridgehead atoms. The quantitative estimate of drug-likeness (QED) is 0.331. The molecule has 0 saturated carbocycles. The van der Waals surface area contributed by atoms with Gasteiger partial charge in [0.2, 0.25) is 5.91 Å². The van der Waals surface area contributed by atoms with Crippen LogP contribution in [0.2, 0.25) is 0 Å². The maximum Gasteiger partial charge on any atom is 0.341 e. The molecule has 6 nitrogen and oxygen atoms in total. The molecule has 1 aromatic carbocycles. The summed E-state index contributed by atoms with van der Waals surface area (Å²) in [6.45, 7) is 2.02. The standard InChI is InChI=1S/C23H24N2O4S2/c1-3-29-23(27)21-19(16-7-9-18(28-2)10-8-16)15-31-22(21)25-20(26)11-13-30-14-17-6-4-5-12-24-17/h4-10,12,15H,3,11,13-14H2,1-2H3,(H,25,26). The van der Waals surface area contributed by atoms with Gasteiger partial charge in [-0.3, -0.25) is 9.78 Å². The molecule has 162 valence electrons. The third-order valence-electron chi connectivity index (χ3n) is 4.37. The van der Waals surface area contributed by atoms with E-state index < -0.39 is 5.97 Å². The van der Waals surface area contributed by atoms with Crippen molar-refractivity contribution >= 4 is 40.0 Å². The molecule has 2 aromatic heterocycles. The molecular weight excluding hydrogens is 432 g/mol. The zero-order chi connectivity index (χ0) is 22.1. The summed E-state index contributed by atoms with van der Waals surface area (Å²) in [5.74, 6) is 1.56. The number of nitrogens with zero attached hydrogens (tertiary/aromatic N) is 1. The first kappa shape index (κ1) is 22.8. The second kappa shape index (κ2) is 11.5. The number of hydrogen-bond acceptors (Lipinski definition) is 7. The van der Waals surface area contributed by atoms with Crippen molar-refractivity contribution in [2.45, 2.75) is 19.1 Å². The SMILES string of the molecule is CCOC(=O)c1c(-c2ccc(OC)cc2)csc1NC(=O)CCSCc1ccccn1. The van der Waals surface area contributed by atoms with Crippen LogP contribution in [0.5, 0.6) is 5.75 Å². The largest absolute Gasteiger partial charge is 0.497 e. The lowest BCUT2D eigenvalue weighted by Crippen LogP contribution is -2.15. The summed E-state index contributed by atoms with van der Waals surface area (Å²) in [5, 5.41) is 5.25. The molecule has 2 heterocycles. The highest BCUT2D eigenvalue weighted by Gasteiger charge is 2.22. The van der Waals surface area contributed by atoms with Gasteiger partial charge in [-0.15, -0.1) is 11.3 Å². The molecule has 0 aliphatic rings. The van der Waals surface area contributed by atoms with Crippen molar-refractivity contribution in [3.05, 3.63) is 65.3 Å². The molecule has 0 atom stereocenters. The number of thiophene rings is 1. The number of carbonyl (C=O) groups excluding carboxylic acids is 2. The fourth-order valence-electron chi connectivity index (χ4n) is 2.85. The molecule has 1 N–H and O–H groups in total. The van der Waals surface area contributed by atoms with Crippen LogP contribution < -0.4 is 10.1 Å². The van der Waals surface area contributed by atoms with Crippen molar-refractivity contribution in [2.75, 3.05) is 24.8 Å². The van der Waals surface area contributed by atoms with E-state index in [0.717, 1.165) is 28.3 Å². The molecule has 0 unspecified atom stereocenters. The first-order valence-electron chi connectivity index (χ1n) is 9.83. The molecular formula is C23H24N2O4S2. The molecule has 1 amide bonds. The van der Waals surface area contributed by atoms with Crippen LogP contribution in [0.15, 0.2) is 54.0 Å².